The van der Waals surface area contributed by atoms with Gasteiger partial charge < -0.3 is 16.0 Å². The number of nitrogens with one attached hydrogen (secondary N) is 1. The fraction of sp³-hybridized carbons (Fsp3) is 0.250. The number of rotatable bonds is 4. The van der Waals surface area contributed by atoms with Crippen LogP contribution in [0.1, 0.15) is 39.8 Å². The maximum absolute atomic E-state index is 13.0. The van der Waals surface area contributed by atoms with E-state index in [-0.39, 0.29) is 11.9 Å². The quantitative estimate of drug-likeness (QED) is 0.727. The van der Waals surface area contributed by atoms with Crippen molar-refractivity contribution in [3.8, 4) is 0 Å². The van der Waals surface area contributed by atoms with Crippen molar-refractivity contribution in [3.63, 3.8) is 0 Å². The molecular weight excluding hydrogens is 360 g/mol. The van der Waals surface area contributed by atoms with E-state index in [0.29, 0.717) is 12.1 Å². The fourth-order valence-electron chi connectivity index (χ4n) is 3.42. The molecule has 2 heterocycles. The summed E-state index contributed by atoms with van der Waals surface area (Å²) in [5.74, 6) is 0.0196. The van der Waals surface area contributed by atoms with E-state index in [9.17, 15) is 9.59 Å². The molecule has 1 saturated heterocycles. The minimum atomic E-state index is -0.564. The van der Waals surface area contributed by atoms with Crippen molar-refractivity contribution in [2.45, 2.75) is 25.4 Å². The van der Waals surface area contributed by atoms with E-state index >= 15 is 0 Å². The first kappa shape index (κ1) is 17.5. The van der Waals surface area contributed by atoms with Gasteiger partial charge in [-0.3, -0.25) is 4.79 Å². The molecular formula is C20H20N4O2S. The molecule has 0 bridgehead atoms. The zero-order chi connectivity index (χ0) is 18.8. The third-order valence-electron chi connectivity index (χ3n) is 4.78. The van der Waals surface area contributed by atoms with Crippen LogP contribution >= 0.6 is 11.3 Å². The minimum absolute atomic E-state index is 0.0196. The van der Waals surface area contributed by atoms with E-state index in [2.05, 4.69) is 11.4 Å². The first-order valence-electron chi connectivity index (χ1n) is 8.90. The van der Waals surface area contributed by atoms with E-state index in [1.54, 1.807) is 23.5 Å². The van der Waals surface area contributed by atoms with Gasteiger partial charge in [-0.2, -0.15) is 0 Å². The number of likely N-dealkylation sites (tertiary alicyclic amines) is 1. The average molecular weight is 380 g/mol. The summed E-state index contributed by atoms with van der Waals surface area (Å²) >= 11 is 1.67. The number of carbonyl (C=O) groups excluding carboxylic acids is 2. The molecule has 4 rings (SSSR count). The van der Waals surface area contributed by atoms with Gasteiger partial charge in [0.25, 0.3) is 5.91 Å². The van der Waals surface area contributed by atoms with Gasteiger partial charge in [0, 0.05) is 18.7 Å². The first-order chi connectivity index (χ1) is 13.1. The van der Waals surface area contributed by atoms with Crippen molar-refractivity contribution < 1.29 is 9.59 Å². The number of amides is 3. The molecule has 7 heteroatoms. The summed E-state index contributed by atoms with van der Waals surface area (Å²) in [6, 6.07) is 14.8. The summed E-state index contributed by atoms with van der Waals surface area (Å²) < 4.78 is 1.15. The number of hydrogen-bond acceptors (Lipinski definition) is 4. The van der Waals surface area contributed by atoms with Crippen LogP contribution < -0.4 is 11.1 Å². The van der Waals surface area contributed by atoms with E-state index < -0.39 is 6.03 Å². The van der Waals surface area contributed by atoms with E-state index in [4.69, 9.17) is 10.7 Å². The molecule has 27 heavy (non-hydrogen) atoms. The monoisotopic (exact) mass is 380 g/mol. The fourth-order valence-corrected chi connectivity index (χ4v) is 4.53. The standard InChI is InChI=1S/C20H20N4O2S/c21-20(26)22-12-13-7-9-14(10-8-13)19(25)24-11-3-5-16(24)18-23-15-4-1-2-6-17(15)27-18/h1-2,4,6-10,16H,3,5,11-12H2,(H3,21,22,26)/t16-/m1/s1. The van der Waals surface area contributed by atoms with Gasteiger partial charge in [0.05, 0.1) is 16.3 Å². The largest absolute Gasteiger partial charge is 0.352 e. The molecule has 2 aromatic carbocycles. The molecule has 1 fully saturated rings. The maximum atomic E-state index is 13.0. The van der Waals surface area contributed by atoms with Gasteiger partial charge in [0.1, 0.15) is 5.01 Å². The molecule has 1 atom stereocenters. The van der Waals surface area contributed by atoms with E-state index in [0.717, 1.165) is 40.2 Å². The lowest BCUT2D eigenvalue weighted by molar-refractivity contribution is 0.0735. The molecule has 0 aliphatic carbocycles. The Hall–Kier alpha value is -2.93. The normalized spacial score (nSPS) is 16.6. The molecule has 3 N–H and O–H groups in total. The number of nitrogens with zero attached hydrogens (tertiary/aromatic N) is 2. The van der Waals surface area contributed by atoms with Crippen molar-refractivity contribution in [1.29, 1.82) is 0 Å². The summed E-state index contributed by atoms with van der Waals surface area (Å²) in [6.45, 7) is 1.09. The molecule has 3 aromatic rings. The Morgan fingerprint density at radius 1 is 1.19 bits per heavy atom. The first-order valence-corrected chi connectivity index (χ1v) is 9.72. The topological polar surface area (TPSA) is 88.3 Å². The van der Waals surface area contributed by atoms with Crippen LogP contribution in [-0.4, -0.2) is 28.4 Å². The minimum Gasteiger partial charge on any atom is -0.352 e. The summed E-state index contributed by atoms with van der Waals surface area (Å²) in [4.78, 5) is 30.5. The van der Waals surface area contributed by atoms with Crippen molar-refractivity contribution in [3.05, 3.63) is 64.7 Å². The van der Waals surface area contributed by atoms with Crippen LogP contribution in [0.15, 0.2) is 48.5 Å². The summed E-state index contributed by atoms with van der Waals surface area (Å²) in [5, 5.41) is 3.55. The molecule has 1 aliphatic rings. The van der Waals surface area contributed by atoms with Gasteiger partial charge in [-0.1, -0.05) is 24.3 Å². The van der Waals surface area contributed by atoms with Crippen LogP contribution in [0.5, 0.6) is 0 Å². The SMILES string of the molecule is NC(=O)NCc1ccc(C(=O)N2CCC[C@@H]2c2nc3ccccc3s2)cc1. The predicted octanol–water partition coefficient (Wildman–Crippen LogP) is 3.44. The van der Waals surface area contributed by atoms with Crippen molar-refractivity contribution in [2.24, 2.45) is 5.73 Å². The smallest absolute Gasteiger partial charge is 0.312 e. The maximum Gasteiger partial charge on any atom is 0.312 e. The van der Waals surface area contributed by atoms with Crippen LogP contribution in [0.4, 0.5) is 4.79 Å². The van der Waals surface area contributed by atoms with Gasteiger partial charge in [0.2, 0.25) is 0 Å². The Morgan fingerprint density at radius 3 is 2.70 bits per heavy atom. The number of hydrogen-bond donors (Lipinski definition) is 2. The van der Waals surface area contributed by atoms with E-state index in [1.165, 1.54) is 0 Å². The lowest BCUT2D eigenvalue weighted by Crippen LogP contribution is -2.30. The van der Waals surface area contributed by atoms with Gasteiger partial charge in [-0.05, 0) is 42.7 Å². The number of primary amides is 1. The molecule has 0 radical (unpaired) electrons. The Bertz CT molecular complexity index is 950. The number of para-hydroxylation sites is 1. The summed E-state index contributed by atoms with van der Waals surface area (Å²) in [6.07, 6.45) is 1.92. The third kappa shape index (κ3) is 3.64. The molecule has 0 spiro atoms. The summed E-state index contributed by atoms with van der Waals surface area (Å²) in [7, 11) is 0. The zero-order valence-electron chi connectivity index (χ0n) is 14.7. The second-order valence-electron chi connectivity index (χ2n) is 6.59. The number of urea groups is 1. The molecule has 1 aromatic heterocycles. The van der Waals surface area contributed by atoms with Crippen LogP contribution in [0.3, 0.4) is 0 Å². The lowest BCUT2D eigenvalue weighted by atomic mass is 10.1. The number of aromatic nitrogens is 1. The van der Waals surface area contributed by atoms with Crippen molar-refractivity contribution in [2.75, 3.05) is 6.54 Å². The lowest BCUT2D eigenvalue weighted by Gasteiger charge is -2.23. The zero-order valence-corrected chi connectivity index (χ0v) is 15.5. The Labute approximate surface area is 161 Å². The number of thiazole rings is 1. The average Bonchev–Trinajstić information content (AvgIpc) is 3.32. The predicted molar refractivity (Wildman–Crippen MR) is 105 cm³/mol. The molecule has 138 valence electrons. The Kier molecular flexibility index (Phi) is 4.77. The van der Waals surface area contributed by atoms with Crippen molar-refractivity contribution >= 4 is 33.5 Å². The molecule has 3 amide bonds. The van der Waals surface area contributed by atoms with Gasteiger partial charge in [0.15, 0.2) is 0 Å². The number of nitrogens with two attached hydrogens (primary N) is 1. The van der Waals surface area contributed by atoms with E-state index in [1.807, 2.05) is 35.2 Å². The molecule has 1 aliphatic heterocycles. The highest BCUT2D eigenvalue weighted by Gasteiger charge is 2.32. The molecule has 0 saturated carbocycles. The second kappa shape index (κ2) is 7.36. The molecule has 6 nitrogen and oxygen atoms in total. The number of benzene rings is 2. The second-order valence-corrected chi connectivity index (χ2v) is 7.65. The van der Waals surface area contributed by atoms with Crippen LogP contribution in [-0.2, 0) is 6.54 Å². The van der Waals surface area contributed by atoms with Crippen LogP contribution in [0, 0.1) is 0 Å². The Morgan fingerprint density at radius 2 is 1.96 bits per heavy atom. The van der Waals surface area contributed by atoms with Gasteiger partial charge in [-0.25, -0.2) is 9.78 Å². The highest BCUT2D eigenvalue weighted by atomic mass is 32.1. The van der Waals surface area contributed by atoms with Crippen LogP contribution in [0.2, 0.25) is 0 Å². The molecule has 0 unspecified atom stereocenters. The van der Waals surface area contributed by atoms with Gasteiger partial charge in [-0.15, -0.1) is 11.3 Å². The Balaban J connectivity index is 1.52. The third-order valence-corrected chi connectivity index (χ3v) is 5.91. The number of carbonyl (C=O) groups is 2. The highest BCUT2D eigenvalue weighted by molar-refractivity contribution is 7.18. The van der Waals surface area contributed by atoms with Crippen molar-refractivity contribution in [1.82, 2.24) is 15.2 Å². The summed E-state index contributed by atoms with van der Waals surface area (Å²) in [5.41, 5.74) is 7.61. The number of fused-ring (bicyclic) bond motifs is 1. The van der Waals surface area contributed by atoms with Crippen LogP contribution in [0.25, 0.3) is 10.2 Å². The highest BCUT2D eigenvalue weighted by Crippen LogP contribution is 2.37. The van der Waals surface area contributed by atoms with Gasteiger partial charge >= 0.3 is 6.03 Å².